The van der Waals surface area contributed by atoms with Crippen molar-refractivity contribution >= 4 is 34.3 Å². The first-order valence-electron chi connectivity index (χ1n) is 8.19. The highest BCUT2D eigenvalue weighted by molar-refractivity contribution is 7.15. The number of thiazole rings is 1. The average molecular weight is 350 g/mol. The van der Waals surface area contributed by atoms with Crippen LogP contribution in [0.5, 0.6) is 0 Å². The van der Waals surface area contributed by atoms with Crippen molar-refractivity contribution in [2.75, 3.05) is 18.9 Å². The second kappa shape index (κ2) is 6.16. The van der Waals surface area contributed by atoms with Gasteiger partial charge < -0.3 is 10.2 Å². The van der Waals surface area contributed by atoms with Crippen LogP contribution in [0, 0.1) is 13.8 Å². The van der Waals surface area contributed by atoms with Gasteiger partial charge in [0.1, 0.15) is 12.1 Å². The molecule has 1 aliphatic heterocycles. The number of carbonyl (C=O) groups is 3. The molecule has 0 unspecified atom stereocenters. The van der Waals surface area contributed by atoms with Gasteiger partial charge in [-0.2, -0.15) is 0 Å². The number of nitrogens with zero attached hydrogens (tertiary/aromatic N) is 3. The molecule has 0 bridgehead atoms. The molecule has 2 fully saturated rings. The second-order valence-electron chi connectivity index (χ2n) is 6.53. The molecule has 0 radical (unpaired) electrons. The highest BCUT2D eigenvalue weighted by atomic mass is 32.1. The maximum Gasteiger partial charge on any atom is 0.327 e. The number of imide groups is 1. The molecule has 2 aliphatic rings. The summed E-state index contributed by atoms with van der Waals surface area (Å²) in [7, 11) is 1.66. The Labute approximate surface area is 145 Å². The summed E-state index contributed by atoms with van der Waals surface area (Å²) in [6.07, 6.45) is 4.30. The van der Waals surface area contributed by atoms with Gasteiger partial charge in [0.15, 0.2) is 5.13 Å². The lowest BCUT2D eigenvalue weighted by Gasteiger charge is -2.35. The summed E-state index contributed by atoms with van der Waals surface area (Å²) in [6, 6.07) is -0.386. The Morgan fingerprint density at radius 2 is 1.92 bits per heavy atom. The summed E-state index contributed by atoms with van der Waals surface area (Å²) in [5.74, 6) is -0.636. The summed E-state index contributed by atoms with van der Waals surface area (Å²) in [5, 5.41) is 3.18. The molecule has 8 heteroatoms. The molecule has 7 nitrogen and oxygen atoms in total. The molecule has 1 spiro atoms. The van der Waals surface area contributed by atoms with Crippen LogP contribution in [0.3, 0.4) is 0 Å². The number of anilines is 1. The molecular weight excluding hydrogens is 328 g/mol. The predicted molar refractivity (Wildman–Crippen MR) is 90.9 cm³/mol. The van der Waals surface area contributed by atoms with E-state index >= 15 is 0 Å². The van der Waals surface area contributed by atoms with Crippen LogP contribution in [0.25, 0.3) is 0 Å². The minimum atomic E-state index is -0.746. The van der Waals surface area contributed by atoms with Crippen molar-refractivity contribution in [2.24, 2.45) is 0 Å². The van der Waals surface area contributed by atoms with E-state index in [-0.39, 0.29) is 18.5 Å². The number of carbonyl (C=O) groups excluding carboxylic acids is 3. The SMILES string of the molecule is Cc1nc(NC(=O)CN2C(=O)N(C)C3(CCCCC3)C2=O)sc1C. The first-order valence-corrected chi connectivity index (χ1v) is 9.00. The molecule has 1 aliphatic carbocycles. The van der Waals surface area contributed by atoms with Gasteiger partial charge in [0.25, 0.3) is 5.91 Å². The number of aromatic nitrogens is 1. The fourth-order valence-corrected chi connectivity index (χ4v) is 4.33. The van der Waals surface area contributed by atoms with Gasteiger partial charge in [0.05, 0.1) is 5.69 Å². The number of nitrogens with one attached hydrogen (secondary N) is 1. The van der Waals surface area contributed by atoms with Gasteiger partial charge >= 0.3 is 6.03 Å². The molecule has 3 rings (SSSR count). The zero-order valence-corrected chi connectivity index (χ0v) is 15.0. The van der Waals surface area contributed by atoms with E-state index < -0.39 is 11.4 Å². The predicted octanol–water partition coefficient (Wildman–Crippen LogP) is 2.30. The summed E-state index contributed by atoms with van der Waals surface area (Å²) in [6.45, 7) is 3.54. The van der Waals surface area contributed by atoms with Crippen molar-refractivity contribution in [2.45, 2.75) is 51.5 Å². The Hall–Kier alpha value is -1.96. The lowest BCUT2D eigenvalue weighted by molar-refractivity contribution is -0.136. The van der Waals surface area contributed by atoms with Crippen molar-refractivity contribution in [1.29, 1.82) is 0 Å². The van der Waals surface area contributed by atoms with E-state index in [1.807, 2.05) is 13.8 Å². The zero-order valence-electron chi connectivity index (χ0n) is 14.2. The lowest BCUT2D eigenvalue weighted by atomic mass is 9.81. The van der Waals surface area contributed by atoms with Crippen molar-refractivity contribution in [3.8, 4) is 0 Å². The van der Waals surface area contributed by atoms with Gasteiger partial charge in [0, 0.05) is 11.9 Å². The molecule has 24 heavy (non-hydrogen) atoms. The van der Waals surface area contributed by atoms with E-state index in [0.29, 0.717) is 18.0 Å². The van der Waals surface area contributed by atoms with Crippen LogP contribution in [-0.2, 0) is 9.59 Å². The molecule has 0 atom stereocenters. The number of amides is 4. The number of hydrogen-bond donors (Lipinski definition) is 1. The van der Waals surface area contributed by atoms with Crippen molar-refractivity contribution in [3.63, 3.8) is 0 Å². The van der Waals surface area contributed by atoms with Crippen LogP contribution in [0.2, 0.25) is 0 Å². The van der Waals surface area contributed by atoms with E-state index in [9.17, 15) is 14.4 Å². The normalized spacial score (nSPS) is 20.1. The van der Waals surface area contributed by atoms with E-state index in [0.717, 1.165) is 34.7 Å². The van der Waals surface area contributed by atoms with E-state index in [4.69, 9.17) is 0 Å². The van der Waals surface area contributed by atoms with Crippen LogP contribution in [-0.4, -0.2) is 51.8 Å². The molecule has 1 aromatic rings. The van der Waals surface area contributed by atoms with Crippen LogP contribution in [0.1, 0.15) is 42.7 Å². The van der Waals surface area contributed by atoms with Crippen molar-refractivity contribution < 1.29 is 14.4 Å². The first kappa shape index (κ1) is 16.9. The highest BCUT2D eigenvalue weighted by Crippen LogP contribution is 2.39. The Morgan fingerprint density at radius 3 is 2.50 bits per heavy atom. The smallest absolute Gasteiger partial charge is 0.313 e. The summed E-state index contributed by atoms with van der Waals surface area (Å²) in [5.41, 5.74) is 0.119. The average Bonchev–Trinajstić information content (AvgIpc) is 2.95. The van der Waals surface area contributed by atoms with Gasteiger partial charge in [-0.05, 0) is 26.7 Å². The van der Waals surface area contributed by atoms with Crippen LogP contribution in [0.15, 0.2) is 0 Å². The topological polar surface area (TPSA) is 82.6 Å². The molecule has 0 aromatic carbocycles. The van der Waals surface area contributed by atoms with Gasteiger partial charge in [-0.25, -0.2) is 9.78 Å². The van der Waals surface area contributed by atoms with E-state index in [1.165, 1.54) is 16.2 Å². The zero-order chi connectivity index (χ0) is 17.5. The van der Waals surface area contributed by atoms with Gasteiger partial charge in [0.2, 0.25) is 5.91 Å². The highest BCUT2D eigenvalue weighted by Gasteiger charge is 2.55. The quantitative estimate of drug-likeness (QED) is 0.848. The molecule has 4 amide bonds. The number of urea groups is 1. The minimum absolute atomic E-state index is 0.239. The Bertz CT molecular complexity index is 674. The summed E-state index contributed by atoms with van der Waals surface area (Å²) in [4.78, 5) is 45.4. The maximum atomic E-state index is 12.8. The van der Waals surface area contributed by atoms with Crippen LogP contribution < -0.4 is 5.32 Å². The second-order valence-corrected chi connectivity index (χ2v) is 7.74. The number of likely N-dealkylation sites (N-methyl/N-ethyl adjacent to an activating group) is 1. The fraction of sp³-hybridized carbons (Fsp3) is 0.625. The third-order valence-electron chi connectivity index (χ3n) is 5.06. The third-order valence-corrected chi connectivity index (χ3v) is 6.05. The van der Waals surface area contributed by atoms with Crippen LogP contribution >= 0.6 is 11.3 Å². The molecule has 1 aromatic heterocycles. The van der Waals surface area contributed by atoms with E-state index in [1.54, 1.807) is 7.05 Å². The van der Waals surface area contributed by atoms with Gasteiger partial charge in [-0.15, -0.1) is 11.3 Å². The lowest BCUT2D eigenvalue weighted by Crippen LogP contribution is -2.49. The number of hydrogen-bond acceptors (Lipinski definition) is 5. The standard InChI is InChI=1S/C16H22N4O3S/c1-10-11(2)24-14(17-10)18-12(21)9-20-13(22)16(19(3)15(20)23)7-5-4-6-8-16/h4-9H2,1-3H3,(H,17,18,21). The first-order chi connectivity index (χ1) is 11.3. The Morgan fingerprint density at radius 1 is 1.25 bits per heavy atom. The minimum Gasteiger partial charge on any atom is -0.313 e. The molecule has 130 valence electrons. The van der Waals surface area contributed by atoms with Crippen LogP contribution in [0.4, 0.5) is 9.93 Å². The van der Waals surface area contributed by atoms with Gasteiger partial charge in [-0.1, -0.05) is 19.3 Å². The van der Waals surface area contributed by atoms with Gasteiger partial charge in [-0.3, -0.25) is 14.5 Å². The molecule has 1 saturated heterocycles. The fourth-order valence-electron chi connectivity index (χ4n) is 3.50. The molecular formula is C16H22N4O3S. The number of rotatable bonds is 3. The third kappa shape index (κ3) is 2.68. The molecule has 1 N–H and O–H groups in total. The number of aryl methyl sites for hydroxylation is 2. The van der Waals surface area contributed by atoms with E-state index in [2.05, 4.69) is 10.3 Å². The summed E-state index contributed by atoms with van der Waals surface area (Å²) >= 11 is 1.38. The van der Waals surface area contributed by atoms with Crippen molar-refractivity contribution in [1.82, 2.24) is 14.8 Å². The molecule has 2 heterocycles. The summed E-state index contributed by atoms with van der Waals surface area (Å²) < 4.78 is 0. The Balaban J connectivity index is 1.71. The van der Waals surface area contributed by atoms with Crippen molar-refractivity contribution in [3.05, 3.63) is 10.6 Å². The maximum absolute atomic E-state index is 12.8. The molecule has 1 saturated carbocycles. The monoisotopic (exact) mass is 350 g/mol. The Kier molecular flexibility index (Phi) is 4.33. The largest absolute Gasteiger partial charge is 0.327 e.